The Morgan fingerprint density at radius 2 is 1.89 bits per heavy atom. The van der Waals surface area contributed by atoms with Crippen LogP contribution < -0.4 is 4.74 Å². The molecule has 0 N–H and O–H groups in total. The van der Waals surface area contributed by atoms with Crippen molar-refractivity contribution < 1.29 is 4.74 Å². The van der Waals surface area contributed by atoms with E-state index < -0.39 is 0 Å². The molecule has 0 radical (unpaired) electrons. The Morgan fingerprint density at radius 1 is 1.06 bits per heavy atom. The minimum Gasteiger partial charge on any atom is -0.489 e. The molecular weight excluding hydrogens is 288 g/mol. The Balaban J connectivity index is 2.08. The lowest BCUT2D eigenvalue weighted by atomic mass is 10.1. The number of alkyl halides is 1. The van der Waals surface area contributed by atoms with Crippen molar-refractivity contribution in [3.05, 3.63) is 64.7 Å². The van der Waals surface area contributed by atoms with E-state index in [0.717, 1.165) is 11.1 Å². The monoisotopic (exact) mass is 304 g/mol. The largest absolute Gasteiger partial charge is 0.489 e. The van der Waals surface area contributed by atoms with Gasteiger partial charge in [0.2, 0.25) is 0 Å². The Morgan fingerprint density at radius 3 is 2.67 bits per heavy atom. The molecule has 0 unspecified atom stereocenters. The van der Waals surface area contributed by atoms with Gasteiger partial charge in [-0.25, -0.2) is 0 Å². The summed E-state index contributed by atoms with van der Waals surface area (Å²) in [5.74, 6) is 0.924. The van der Waals surface area contributed by atoms with Crippen molar-refractivity contribution >= 4 is 15.9 Å². The van der Waals surface area contributed by atoms with Crippen molar-refractivity contribution in [2.75, 3.05) is 0 Å². The fourth-order valence-electron chi connectivity index (χ4n) is 1.84. The lowest BCUT2D eigenvalue weighted by molar-refractivity contribution is 0.305. The number of hydrogen-bond donors (Lipinski definition) is 0. The molecule has 2 aromatic rings. The van der Waals surface area contributed by atoms with E-state index in [4.69, 9.17) is 4.74 Å². The lowest BCUT2D eigenvalue weighted by Gasteiger charge is -2.10. The molecule has 2 heteroatoms. The molecule has 2 aromatic carbocycles. The van der Waals surface area contributed by atoms with E-state index in [1.165, 1.54) is 22.3 Å². The second-order valence-corrected chi connectivity index (χ2v) is 5.06. The molecule has 1 nitrogen and oxygen atoms in total. The van der Waals surface area contributed by atoms with Gasteiger partial charge in [-0.05, 0) is 42.7 Å². The fourth-order valence-corrected chi connectivity index (χ4v) is 2.18. The van der Waals surface area contributed by atoms with Crippen LogP contribution in [0.5, 0.6) is 5.75 Å². The van der Waals surface area contributed by atoms with Crippen LogP contribution in [-0.4, -0.2) is 0 Å². The van der Waals surface area contributed by atoms with Gasteiger partial charge in [-0.2, -0.15) is 0 Å². The highest BCUT2D eigenvalue weighted by Gasteiger charge is 2.01. The maximum Gasteiger partial charge on any atom is 0.120 e. The Kier molecular flexibility index (Phi) is 4.43. The number of aryl methyl sites for hydroxylation is 2. The van der Waals surface area contributed by atoms with Gasteiger partial charge >= 0.3 is 0 Å². The van der Waals surface area contributed by atoms with Gasteiger partial charge in [0.15, 0.2) is 0 Å². The van der Waals surface area contributed by atoms with Crippen LogP contribution in [0.3, 0.4) is 0 Å². The van der Waals surface area contributed by atoms with Crippen LogP contribution in [0.25, 0.3) is 0 Å². The number of ether oxygens (including phenoxy) is 1. The Bertz CT molecular complexity index is 534. The van der Waals surface area contributed by atoms with Gasteiger partial charge in [0.05, 0.1) is 0 Å². The highest BCUT2D eigenvalue weighted by Crippen LogP contribution is 2.18. The predicted octanol–water partition coefficient (Wildman–Crippen LogP) is 4.78. The average molecular weight is 305 g/mol. The third-order valence-corrected chi connectivity index (χ3v) is 3.60. The number of hydrogen-bond acceptors (Lipinski definition) is 1. The first-order valence-corrected chi connectivity index (χ1v) is 7.15. The summed E-state index contributed by atoms with van der Waals surface area (Å²) in [6, 6.07) is 14.6. The Labute approximate surface area is 117 Å². The molecule has 0 saturated heterocycles. The smallest absolute Gasteiger partial charge is 0.120 e. The molecule has 0 saturated carbocycles. The van der Waals surface area contributed by atoms with Gasteiger partial charge in [0.25, 0.3) is 0 Å². The van der Waals surface area contributed by atoms with Crippen molar-refractivity contribution in [2.24, 2.45) is 0 Å². The van der Waals surface area contributed by atoms with Gasteiger partial charge in [0, 0.05) is 5.33 Å². The fraction of sp³-hybridized carbons (Fsp3) is 0.250. The SMILES string of the molecule is Cc1ccc(C)c(COc2cccc(CBr)c2)c1. The second kappa shape index (κ2) is 6.05. The van der Waals surface area contributed by atoms with Crippen molar-refractivity contribution in [3.63, 3.8) is 0 Å². The second-order valence-electron chi connectivity index (χ2n) is 4.50. The van der Waals surface area contributed by atoms with E-state index in [-0.39, 0.29) is 0 Å². The molecule has 0 aliphatic carbocycles. The molecule has 0 bridgehead atoms. The minimum absolute atomic E-state index is 0.624. The van der Waals surface area contributed by atoms with E-state index in [2.05, 4.69) is 60.1 Å². The van der Waals surface area contributed by atoms with E-state index in [1.54, 1.807) is 0 Å². The first-order chi connectivity index (χ1) is 8.69. The molecule has 0 aliphatic rings. The highest BCUT2D eigenvalue weighted by atomic mass is 79.9. The molecule has 94 valence electrons. The van der Waals surface area contributed by atoms with Crippen LogP contribution in [0.15, 0.2) is 42.5 Å². The maximum absolute atomic E-state index is 5.85. The van der Waals surface area contributed by atoms with Crippen LogP contribution in [0.4, 0.5) is 0 Å². The van der Waals surface area contributed by atoms with Crippen molar-refractivity contribution in [2.45, 2.75) is 25.8 Å². The molecule has 0 amide bonds. The van der Waals surface area contributed by atoms with E-state index in [9.17, 15) is 0 Å². The predicted molar refractivity (Wildman–Crippen MR) is 79.3 cm³/mol. The Hall–Kier alpha value is -1.28. The van der Waals surface area contributed by atoms with E-state index in [0.29, 0.717) is 6.61 Å². The zero-order chi connectivity index (χ0) is 13.0. The molecule has 0 heterocycles. The minimum atomic E-state index is 0.624. The van der Waals surface area contributed by atoms with Crippen molar-refractivity contribution in [1.82, 2.24) is 0 Å². The molecule has 2 rings (SSSR count). The molecule has 0 atom stereocenters. The quantitative estimate of drug-likeness (QED) is 0.739. The summed E-state index contributed by atoms with van der Waals surface area (Å²) in [6.45, 7) is 4.85. The summed E-state index contributed by atoms with van der Waals surface area (Å²) in [7, 11) is 0. The van der Waals surface area contributed by atoms with Gasteiger partial charge in [0.1, 0.15) is 12.4 Å². The van der Waals surface area contributed by atoms with Crippen molar-refractivity contribution in [3.8, 4) is 5.75 Å². The van der Waals surface area contributed by atoms with Crippen LogP contribution in [-0.2, 0) is 11.9 Å². The zero-order valence-corrected chi connectivity index (χ0v) is 12.3. The van der Waals surface area contributed by atoms with E-state index >= 15 is 0 Å². The van der Waals surface area contributed by atoms with Crippen LogP contribution in [0, 0.1) is 13.8 Å². The van der Waals surface area contributed by atoms with Crippen molar-refractivity contribution in [1.29, 1.82) is 0 Å². The maximum atomic E-state index is 5.85. The summed E-state index contributed by atoms with van der Waals surface area (Å²) >= 11 is 3.45. The highest BCUT2D eigenvalue weighted by molar-refractivity contribution is 9.08. The van der Waals surface area contributed by atoms with Crippen LogP contribution >= 0.6 is 15.9 Å². The molecule has 0 spiro atoms. The molecular formula is C16H17BrO. The normalized spacial score (nSPS) is 10.4. The van der Waals surface area contributed by atoms with Crippen LogP contribution in [0.2, 0.25) is 0 Å². The standard InChI is InChI=1S/C16H17BrO/c1-12-6-7-13(2)15(8-12)11-18-16-5-3-4-14(9-16)10-17/h3-9H,10-11H2,1-2H3. The van der Waals surface area contributed by atoms with Gasteiger partial charge < -0.3 is 4.74 Å². The lowest BCUT2D eigenvalue weighted by Crippen LogP contribution is -1.98. The number of benzene rings is 2. The molecule has 0 aliphatic heterocycles. The third kappa shape index (κ3) is 3.36. The first kappa shape index (κ1) is 13.2. The average Bonchev–Trinajstić information content (AvgIpc) is 2.40. The summed E-state index contributed by atoms with van der Waals surface area (Å²) in [5.41, 5.74) is 5.03. The van der Waals surface area contributed by atoms with E-state index in [1.807, 2.05) is 12.1 Å². The number of halogens is 1. The summed E-state index contributed by atoms with van der Waals surface area (Å²) in [5, 5.41) is 0.855. The van der Waals surface area contributed by atoms with Gasteiger partial charge in [-0.1, -0.05) is 51.8 Å². The summed E-state index contributed by atoms with van der Waals surface area (Å²) in [6.07, 6.45) is 0. The summed E-state index contributed by atoms with van der Waals surface area (Å²) in [4.78, 5) is 0. The topological polar surface area (TPSA) is 9.23 Å². The van der Waals surface area contributed by atoms with Gasteiger partial charge in [-0.15, -0.1) is 0 Å². The molecule has 18 heavy (non-hydrogen) atoms. The molecule has 0 aromatic heterocycles. The number of rotatable bonds is 4. The van der Waals surface area contributed by atoms with Gasteiger partial charge in [-0.3, -0.25) is 0 Å². The zero-order valence-electron chi connectivity index (χ0n) is 10.7. The summed E-state index contributed by atoms with van der Waals surface area (Å²) < 4.78 is 5.85. The first-order valence-electron chi connectivity index (χ1n) is 6.03. The molecule has 0 fully saturated rings. The third-order valence-electron chi connectivity index (χ3n) is 2.95. The van der Waals surface area contributed by atoms with Crippen LogP contribution in [0.1, 0.15) is 22.3 Å².